The zero-order valence-electron chi connectivity index (χ0n) is 15.7. The van der Waals surface area contributed by atoms with Crippen LogP contribution in [0.1, 0.15) is 15.9 Å². The molecule has 0 radical (unpaired) electrons. The molecule has 1 aliphatic rings. The predicted octanol–water partition coefficient (Wildman–Crippen LogP) is 3.58. The number of hydrogen-bond donors (Lipinski definition) is 0. The van der Waals surface area contributed by atoms with Gasteiger partial charge in [0.2, 0.25) is 0 Å². The topological polar surface area (TPSA) is 83.5 Å². The average molecular weight is 383 g/mol. The molecule has 142 valence electrons. The minimum Gasteiger partial charge on any atom is -0.455 e. The zero-order valence-corrected chi connectivity index (χ0v) is 15.7. The van der Waals surface area contributed by atoms with E-state index >= 15 is 0 Å². The van der Waals surface area contributed by atoms with Crippen molar-refractivity contribution < 1.29 is 9.53 Å². The molecule has 4 aromatic rings. The van der Waals surface area contributed by atoms with Crippen molar-refractivity contribution in [1.29, 1.82) is 5.26 Å². The van der Waals surface area contributed by atoms with Gasteiger partial charge in [0.1, 0.15) is 11.3 Å². The van der Waals surface area contributed by atoms with Crippen LogP contribution in [0.25, 0.3) is 16.4 Å². The van der Waals surface area contributed by atoms with Gasteiger partial charge in [-0.2, -0.15) is 10.4 Å². The Balaban J connectivity index is 1.50. The van der Waals surface area contributed by atoms with E-state index in [9.17, 15) is 4.79 Å². The number of pyridine rings is 1. The highest BCUT2D eigenvalue weighted by molar-refractivity contribution is 5.99. The van der Waals surface area contributed by atoms with Gasteiger partial charge in [0.05, 0.1) is 29.3 Å². The Kier molecular flexibility index (Phi) is 3.91. The Morgan fingerprint density at radius 1 is 1.24 bits per heavy atom. The summed E-state index contributed by atoms with van der Waals surface area (Å²) in [7, 11) is 0. The Hall–Kier alpha value is -3.92. The Bertz CT molecular complexity index is 1300. The van der Waals surface area contributed by atoms with E-state index in [2.05, 4.69) is 16.2 Å². The van der Waals surface area contributed by atoms with Crippen molar-refractivity contribution in [2.75, 3.05) is 13.1 Å². The van der Waals surface area contributed by atoms with Crippen LogP contribution in [0.2, 0.25) is 0 Å². The van der Waals surface area contributed by atoms with Gasteiger partial charge in [-0.1, -0.05) is 6.07 Å². The second kappa shape index (κ2) is 6.60. The number of rotatable bonds is 3. The van der Waals surface area contributed by atoms with Gasteiger partial charge in [0.15, 0.2) is 5.75 Å². The molecule has 0 N–H and O–H groups in total. The molecule has 1 saturated heterocycles. The Labute approximate surface area is 166 Å². The van der Waals surface area contributed by atoms with Crippen LogP contribution >= 0.6 is 0 Å². The third kappa shape index (κ3) is 2.86. The van der Waals surface area contributed by atoms with Crippen LogP contribution in [-0.4, -0.2) is 38.5 Å². The van der Waals surface area contributed by atoms with Crippen molar-refractivity contribution in [2.45, 2.75) is 6.92 Å². The first-order chi connectivity index (χ1) is 14.1. The fraction of sp³-hybridized carbons (Fsp3) is 0.182. The van der Waals surface area contributed by atoms with Crippen LogP contribution in [-0.2, 0) is 0 Å². The highest BCUT2D eigenvalue weighted by Gasteiger charge is 2.32. The lowest BCUT2D eigenvalue weighted by Crippen LogP contribution is -2.49. The minimum atomic E-state index is -0.0813. The molecule has 0 atom stereocenters. The smallest absolute Gasteiger partial charge is 0.255 e. The SMILES string of the molecule is Cc1c(C(=O)N2CC(C#N)C2)cn2nccc(Oc3ccc4ncccc4c3)c12. The summed E-state index contributed by atoms with van der Waals surface area (Å²) in [5.74, 6) is 1.16. The summed E-state index contributed by atoms with van der Waals surface area (Å²) < 4.78 is 7.82. The van der Waals surface area contributed by atoms with Crippen LogP contribution < -0.4 is 4.74 Å². The van der Waals surface area contributed by atoms with Gasteiger partial charge in [-0.15, -0.1) is 0 Å². The third-order valence-electron chi connectivity index (χ3n) is 5.27. The fourth-order valence-corrected chi connectivity index (χ4v) is 3.66. The number of aromatic nitrogens is 3. The standard InChI is InChI=1S/C22H17N5O2/c1-14-18(22(28)26-11-15(10-23)12-26)13-27-21(14)20(6-8-25-27)29-17-4-5-19-16(9-17)3-2-7-24-19/h2-9,13,15H,11-12H2,1H3. The molecule has 7 nitrogen and oxygen atoms in total. The first-order valence-corrected chi connectivity index (χ1v) is 9.32. The molecule has 7 heteroatoms. The van der Waals surface area contributed by atoms with Gasteiger partial charge in [-0.25, -0.2) is 4.52 Å². The van der Waals surface area contributed by atoms with Gasteiger partial charge in [-0.05, 0) is 36.8 Å². The molecule has 1 aromatic carbocycles. The number of amides is 1. The average Bonchev–Trinajstić information content (AvgIpc) is 3.05. The first kappa shape index (κ1) is 17.2. The number of aryl methyl sites for hydroxylation is 1. The van der Waals surface area contributed by atoms with Gasteiger partial charge < -0.3 is 9.64 Å². The highest BCUT2D eigenvalue weighted by Crippen LogP contribution is 2.32. The van der Waals surface area contributed by atoms with Crippen molar-refractivity contribution in [3.8, 4) is 17.6 Å². The number of carbonyl (C=O) groups excluding carboxylic acids is 1. The number of ether oxygens (including phenoxy) is 1. The summed E-state index contributed by atoms with van der Waals surface area (Å²) in [5.41, 5.74) is 3.03. The third-order valence-corrected chi connectivity index (χ3v) is 5.27. The lowest BCUT2D eigenvalue weighted by Gasteiger charge is -2.35. The summed E-state index contributed by atoms with van der Waals surface area (Å²) in [6.45, 7) is 2.84. The number of nitriles is 1. The van der Waals surface area contributed by atoms with E-state index in [1.165, 1.54) is 0 Å². The lowest BCUT2D eigenvalue weighted by molar-refractivity contribution is 0.0576. The Morgan fingerprint density at radius 2 is 2.10 bits per heavy atom. The molecule has 1 amide bonds. The monoisotopic (exact) mass is 383 g/mol. The van der Waals surface area contributed by atoms with E-state index in [-0.39, 0.29) is 11.8 Å². The quantitative estimate of drug-likeness (QED) is 0.540. The molecular weight excluding hydrogens is 366 g/mol. The summed E-state index contributed by atoms with van der Waals surface area (Å²) in [6, 6.07) is 13.6. The van der Waals surface area contributed by atoms with Crippen molar-refractivity contribution >= 4 is 22.3 Å². The Morgan fingerprint density at radius 3 is 2.93 bits per heavy atom. The van der Waals surface area contributed by atoms with E-state index in [0.717, 1.165) is 22.0 Å². The highest BCUT2D eigenvalue weighted by atomic mass is 16.5. The van der Waals surface area contributed by atoms with Gasteiger partial charge in [-0.3, -0.25) is 9.78 Å². The van der Waals surface area contributed by atoms with Crippen molar-refractivity contribution in [3.63, 3.8) is 0 Å². The number of benzene rings is 1. The number of hydrogen-bond acceptors (Lipinski definition) is 5. The van der Waals surface area contributed by atoms with E-state index in [0.29, 0.717) is 30.2 Å². The fourth-order valence-electron chi connectivity index (χ4n) is 3.66. The second-order valence-electron chi connectivity index (χ2n) is 7.15. The number of carbonyl (C=O) groups is 1. The molecule has 0 bridgehead atoms. The maximum absolute atomic E-state index is 12.8. The molecule has 3 aromatic heterocycles. The second-order valence-corrected chi connectivity index (χ2v) is 7.15. The molecule has 1 aliphatic heterocycles. The van der Waals surface area contributed by atoms with E-state index in [4.69, 9.17) is 10.00 Å². The molecule has 4 heterocycles. The maximum Gasteiger partial charge on any atom is 0.255 e. The van der Waals surface area contributed by atoms with Gasteiger partial charge in [0, 0.05) is 36.9 Å². The first-order valence-electron chi connectivity index (χ1n) is 9.32. The summed E-state index contributed by atoms with van der Waals surface area (Å²) in [4.78, 5) is 18.8. The molecule has 0 saturated carbocycles. The van der Waals surface area contributed by atoms with E-state index in [1.807, 2.05) is 37.3 Å². The molecular formula is C22H17N5O2. The van der Waals surface area contributed by atoms with E-state index < -0.39 is 0 Å². The predicted molar refractivity (Wildman–Crippen MR) is 107 cm³/mol. The number of fused-ring (bicyclic) bond motifs is 2. The largest absolute Gasteiger partial charge is 0.455 e. The van der Waals surface area contributed by atoms with Crippen molar-refractivity contribution in [3.05, 3.63) is 66.1 Å². The minimum absolute atomic E-state index is 0.0734. The molecule has 1 fully saturated rings. The van der Waals surface area contributed by atoms with Crippen LogP contribution in [0.15, 0.2) is 55.0 Å². The lowest BCUT2D eigenvalue weighted by atomic mass is 10.0. The van der Waals surface area contributed by atoms with Crippen molar-refractivity contribution in [1.82, 2.24) is 19.5 Å². The van der Waals surface area contributed by atoms with Crippen LogP contribution in [0.4, 0.5) is 0 Å². The molecule has 5 rings (SSSR count). The number of likely N-dealkylation sites (tertiary alicyclic amines) is 1. The van der Waals surface area contributed by atoms with Crippen molar-refractivity contribution in [2.24, 2.45) is 5.92 Å². The molecule has 0 aliphatic carbocycles. The summed E-state index contributed by atoms with van der Waals surface area (Å²) in [5, 5.41) is 14.3. The van der Waals surface area contributed by atoms with Crippen LogP contribution in [0.3, 0.4) is 0 Å². The summed E-state index contributed by atoms with van der Waals surface area (Å²) in [6.07, 6.45) is 5.13. The maximum atomic E-state index is 12.8. The molecule has 29 heavy (non-hydrogen) atoms. The zero-order chi connectivity index (χ0) is 20.0. The molecule has 0 unspecified atom stereocenters. The van der Waals surface area contributed by atoms with Gasteiger partial charge >= 0.3 is 0 Å². The molecule has 0 spiro atoms. The van der Waals surface area contributed by atoms with Gasteiger partial charge in [0.25, 0.3) is 5.91 Å². The van der Waals surface area contributed by atoms with Crippen LogP contribution in [0.5, 0.6) is 11.5 Å². The summed E-state index contributed by atoms with van der Waals surface area (Å²) >= 11 is 0. The normalized spacial score (nSPS) is 14.0. The van der Waals surface area contributed by atoms with E-state index in [1.54, 1.807) is 34.1 Å². The van der Waals surface area contributed by atoms with Crippen LogP contribution in [0, 0.1) is 24.2 Å². The number of nitrogens with zero attached hydrogens (tertiary/aromatic N) is 5.